The molecule has 26 heavy (non-hydrogen) atoms. The molecule has 0 aliphatic carbocycles. The zero-order chi connectivity index (χ0) is 18.8. The highest BCUT2D eigenvalue weighted by molar-refractivity contribution is 6.69. The monoisotopic (exact) mass is 377 g/mol. The van der Waals surface area contributed by atoms with Crippen molar-refractivity contribution in [2.24, 2.45) is 0 Å². The van der Waals surface area contributed by atoms with E-state index in [-0.39, 0.29) is 12.1 Å². The van der Waals surface area contributed by atoms with Crippen LogP contribution in [0.1, 0.15) is 5.56 Å². The SMILES string of the molecule is C[Si](C)(C)OC(Cn1ccnc1)(Cn1cncn1)c1ccc(F)cc1F. The van der Waals surface area contributed by atoms with Gasteiger partial charge in [0.2, 0.25) is 0 Å². The zero-order valence-corrected chi connectivity index (χ0v) is 15.9. The average Bonchev–Trinajstić information content (AvgIpc) is 3.19. The van der Waals surface area contributed by atoms with Gasteiger partial charge in [0.15, 0.2) is 8.32 Å². The van der Waals surface area contributed by atoms with E-state index >= 15 is 0 Å². The van der Waals surface area contributed by atoms with Crippen molar-refractivity contribution in [3.05, 3.63) is 66.8 Å². The van der Waals surface area contributed by atoms with E-state index in [1.165, 1.54) is 18.5 Å². The molecule has 0 fully saturated rings. The Bertz CT molecular complexity index is 810. The molecule has 0 spiro atoms. The molecular formula is C17H21F2N5OSi. The van der Waals surface area contributed by atoms with Gasteiger partial charge in [0.05, 0.1) is 19.4 Å². The summed E-state index contributed by atoms with van der Waals surface area (Å²) in [4.78, 5) is 8.03. The first-order valence-corrected chi connectivity index (χ1v) is 11.6. The van der Waals surface area contributed by atoms with Crippen molar-refractivity contribution >= 4 is 8.32 Å². The smallest absolute Gasteiger partial charge is 0.185 e. The van der Waals surface area contributed by atoms with Crippen LogP contribution in [0, 0.1) is 11.6 Å². The third-order valence-electron chi connectivity index (χ3n) is 3.80. The maximum Gasteiger partial charge on any atom is 0.185 e. The van der Waals surface area contributed by atoms with Gasteiger partial charge in [-0.3, -0.25) is 0 Å². The quantitative estimate of drug-likeness (QED) is 0.594. The average molecular weight is 377 g/mol. The van der Waals surface area contributed by atoms with Crippen LogP contribution in [0.5, 0.6) is 0 Å². The molecule has 138 valence electrons. The van der Waals surface area contributed by atoms with Gasteiger partial charge >= 0.3 is 0 Å². The number of aromatic nitrogens is 5. The fourth-order valence-corrected chi connectivity index (χ4v) is 4.45. The maximum absolute atomic E-state index is 14.8. The molecule has 2 heterocycles. The van der Waals surface area contributed by atoms with E-state index in [9.17, 15) is 8.78 Å². The molecule has 9 heteroatoms. The van der Waals surface area contributed by atoms with E-state index in [1.54, 1.807) is 29.7 Å². The first kappa shape index (κ1) is 18.4. The van der Waals surface area contributed by atoms with Crippen molar-refractivity contribution in [3.8, 4) is 0 Å². The molecule has 0 N–H and O–H groups in total. The first-order valence-electron chi connectivity index (χ1n) is 8.21. The third-order valence-corrected chi connectivity index (χ3v) is 4.81. The molecule has 1 aromatic carbocycles. The Morgan fingerprint density at radius 1 is 1.12 bits per heavy atom. The summed E-state index contributed by atoms with van der Waals surface area (Å²) < 4.78 is 38.3. The lowest BCUT2D eigenvalue weighted by Crippen LogP contribution is -2.47. The minimum Gasteiger partial charge on any atom is -0.404 e. The van der Waals surface area contributed by atoms with Crippen LogP contribution >= 0.6 is 0 Å². The minimum absolute atomic E-state index is 0.234. The van der Waals surface area contributed by atoms with Crippen LogP contribution in [0.15, 0.2) is 49.6 Å². The van der Waals surface area contributed by atoms with Crippen LogP contribution in [0.25, 0.3) is 0 Å². The number of halogens is 2. The van der Waals surface area contributed by atoms with E-state index < -0.39 is 25.6 Å². The number of hydrogen-bond donors (Lipinski definition) is 0. The predicted molar refractivity (Wildman–Crippen MR) is 94.7 cm³/mol. The molecule has 2 aromatic heterocycles. The van der Waals surface area contributed by atoms with Crippen molar-refractivity contribution < 1.29 is 13.2 Å². The van der Waals surface area contributed by atoms with Gasteiger partial charge in [0, 0.05) is 24.0 Å². The summed E-state index contributed by atoms with van der Waals surface area (Å²) in [5, 5.41) is 4.15. The van der Waals surface area contributed by atoms with E-state index in [2.05, 4.69) is 15.1 Å². The van der Waals surface area contributed by atoms with Crippen LogP contribution in [0.4, 0.5) is 8.78 Å². The topological polar surface area (TPSA) is 57.8 Å². The Balaban J connectivity index is 2.14. The van der Waals surface area contributed by atoms with Gasteiger partial charge in [-0.2, -0.15) is 5.10 Å². The molecule has 1 unspecified atom stereocenters. The molecule has 0 aliphatic heterocycles. The standard InChI is InChI=1S/C17H21F2N5OSi/c1-26(2,3)25-17(9-23-7-6-20-12-23,10-24-13-21-11-22-24)15-5-4-14(18)8-16(15)19/h4-8,11-13H,9-10H2,1-3H3. The maximum atomic E-state index is 14.8. The molecule has 3 rings (SSSR count). The van der Waals surface area contributed by atoms with Gasteiger partial charge < -0.3 is 8.99 Å². The lowest BCUT2D eigenvalue weighted by Gasteiger charge is -2.40. The van der Waals surface area contributed by atoms with Gasteiger partial charge in [-0.05, 0) is 25.7 Å². The highest BCUT2D eigenvalue weighted by Crippen LogP contribution is 2.35. The Morgan fingerprint density at radius 2 is 1.92 bits per heavy atom. The van der Waals surface area contributed by atoms with Crippen LogP contribution in [-0.4, -0.2) is 32.6 Å². The fourth-order valence-electron chi connectivity index (χ4n) is 3.04. The van der Waals surface area contributed by atoms with Crippen LogP contribution in [-0.2, 0) is 23.1 Å². The van der Waals surface area contributed by atoms with Crippen molar-refractivity contribution in [2.75, 3.05) is 0 Å². The summed E-state index contributed by atoms with van der Waals surface area (Å²) in [6.07, 6.45) is 8.04. The molecule has 0 saturated carbocycles. The largest absolute Gasteiger partial charge is 0.404 e. The predicted octanol–water partition coefficient (Wildman–Crippen LogP) is 3.20. The molecule has 0 saturated heterocycles. The zero-order valence-electron chi connectivity index (χ0n) is 14.9. The van der Waals surface area contributed by atoms with E-state index in [1.807, 2.05) is 24.2 Å². The number of nitrogens with zero attached hydrogens (tertiary/aromatic N) is 5. The highest BCUT2D eigenvalue weighted by atomic mass is 28.4. The van der Waals surface area contributed by atoms with Crippen LogP contribution in [0.2, 0.25) is 19.6 Å². The fraction of sp³-hybridized carbons (Fsp3) is 0.353. The lowest BCUT2D eigenvalue weighted by atomic mass is 9.92. The second kappa shape index (κ2) is 7.08. The summed E-state index contributed by atoms with van der Waals surface area (Å²) in [6, 6.07) is 3.57. The summed E-state index contributed by atoms with van der Waals surface area (Å²) in [6.45, 7) is 6.62. The lowest BCUT2D eigenvalue weighted by molar-refractivity contribution is 0.0136. The van der Waals surface area contributed by atoms with E-state index in [4.69, 9.17) is 4.43 Å². The Kier molecular flexibility index (Phi) is 5.01. The van der Waals surface area contributed by atoms with E-state index in [0.717, 1.165) is 6.07 Å². The number of hydrogen-bond acceptors (Lipinski definition) is 4. The summed E-state index contributed by atoms with van der Waals surface area (Å²) in [5.41, 5.74) is -0.804. The second-order valence-corrected chi connectivity index (χ2v) is 11.6. The normalized spacial score (nSPS) is 14.3. The molecular weight excluding hydrogens is 356 g/mol. The molecule has 3 aromatic rings. The van der Waals surface area contributed by atoms with Gasteiger partial charge in [-0.1, -0.05) is 6.07 Å². The van der Waals surface area contributed by atoms with Crippen LogP contribution < -0.4 is 0 Å². The number of benzene rings is 1. The highest BCUT2D eigenvalue weighted by Gasteiger charge is 2.41. The molecule has 0 radical (unpaired) electrons. The number of rotatable bonds is 7. The van der Waals surface area contributed by atoms with Gasteiger partial charge in [0.25, 0.3) is 0 Å². The Morgan fingerprint density at radius 3 is 2.50 bits per heavy atom. The second-order valence-electron chi connectivity index (χ2n) is 7.16. The molecule has 0 bridgehead atoms. The van der Waals surface area contributed by atoms with Crippen molar-refractivity contribution in [1.82, 2.24) is 24.3 Å². The Hall–Kier alpha value is -2.39. The molecule has 0 aliphatic rings. The van der Waals surface area contributed by atoms with Crippen molar-refractivity contribution in [1.29, 1.82) is 0 Å². The van der Waals surface area contributed by atoms with Gasteiger partial charge in [-0.15, -0.1) is 0 Å². The number of imidazole rings is 1. The van der Waals surface area contributed by atoms with Gasteiger partial charge in [-0.25, -0.2) is 23.4 Å². The third kappa shape index (κ3) is 4.22. The van der Waals surface area contributed by atoms with Gasteiger partial charge in [0.1, 0.15) is 29.9 Å². The molecule has 1 atom stereocenters. The first-order chi connectivity index (χ1) is 12.3. The van der Waals surface area contributed by atoms with Crippen molar-refractivity contribution in [3.63, 3.8) is 0 Å². The molecule has 0 amide bonds. The minimum atomic E-state index is -2.13. The van der Waals surface area contributed by atoms with Crippen molar-refractivity contribution in [2.45, 2.75) is 38.3 Å². The summed E-state index contributed by atoms with van der Waals surface area (Å²) >= 11 is 0. The van der Waals surface area contributed by atoms with Crippen LogP contribution in [0.3, 0.4) is 0 Å². The Labute approximate surface area is 151 Å². The van der Waals surface area contributed by atoms with E-state index in [0.29, 0.717) is 6.54 Å². The summed E-state index contributed by atoms with van der Waals surface area (Å²) in [7, 11) is -2.13. The summed E-state index contributed by atoms with van der Waals surface area (Å²) in [5.74, 6) is -1.28. The molecule has 6 nitrogen and oxygen atoms in total.